The van der Waals surface area contributed by atoms with Crippen LogP contribution in [0.3, 0.4) is 0 Å². The number of benzene rings is 1. The molecule has 98 valence electrons. The molecule has 0 saturated carbocycles. The first-order chi connectivity index (χ1) is 8.58. The summed E-state index contributed by atoms with van der Waals surface area (Å²) in [5.74, 6) is 1.98. The molecule has 1 heterocycles. The lowest BCUT2D eigenvalue weighted by molar-refractivity contribution is -0.112. The van der Waals surface area contributed by atoms with Gasteiger partial charge in [-0.25, -0.2) is 0 Å². The second-order valence-electron chi connectivity index (χ2n) is 4.81. The summed E-state index contributed by atoms with van der Waals surface area (Å²) in [5.41, 5.74) is 1.07. The van der Waals surface area contributed by atoms with Crippen molar-refractivity contribution >= 4 is 16.8 Å². The summed E-state index contributed by atoms with van der Waals surface area (Å²) in [7, 11) is 0. The minimum Gasteiger partial charge on any atom is -0.486 e. The van der Waals surface area contributed by atoms with E-state index in [4.69, 9.17) is 21.1 Å². The fourth-order valence-electron chi connectivity index (χ4n) is 2.20. The highest BCUT2D eigenvalue weighted by atomic mass is 35.5. The van der Waals surface area contributed by atoms with Crippen LogP contribution < -0.4 is 9.47 Å². The SMILES string of the molecule is CC(C)C(CC(=O)Cl)c1ccc2c(c1)OCCO2. The minimum atomic E-state index is -0.302. The predicted octanol–water partition coefficient (Wildman–Crippen LogP) is 3.35. The Kier molecular flexibility index (Phi) is 4.12. The van der Waals surface area contributed by atoms with Crippen molar-refractivity contribution in [1.82, 2.24) is 0 Å². The molecule has 1 atom stereocenters. The lowest BCUT2D eigenvalue weighted by Crippen LogP contribution is -2.16. The van der Waals surface area contributed by atoms with Crippen molar-refractivity contribution in [3.63, 3.8) is 0 Å². The molecule has 3 nitrogen and oxygen atoms in total. The number of ether oxygens (including phenoxy) is 2. The van der Waals surface area contributed by atoms with Crippen LogP contribution in [0.25, 0.3) is 0 Å². The van der Waals surface area contributed by atoms with Gasteiger partial charge in [-0.1, -0.05) is 19.9 Å². The van der Waals surface area contributed by atoms with Crippen LogP contribution in [-0.2, 0) is 4.79 Å². The van der Waals surface area contributed by atoms with E-state index in [1.807, 2.05) is 18.2 Å². The molecule has 18 heavy (non-hydrogen) atoms. The molecule has 0 aromatic heterocycles. The summed E-state index contributed by atoms with van der Waals surface area (Å²) in [6, 6.07) is 5.84. The molecular weight excluding hydrogens is 252 g/mol. The second-order valence-corrected chi connectivity index (χ2v) is 5.23. The van der Waals surface area contributed by atoms with Gasteiger partial charge in [0.05, 0.1) is 0 Å². The van der Waals surface area contributed by atoms with Gasteiger partial charge in [-0.2, -0.15) is 0 Å². The maximum atomic E-state index is 11.1. The molecule has 2 rings (SSSR count). The van der Waals surface area contributed by atoms with Crippen LogP contribution in [0.15, 0.2) is 18.2 Å². The van der Waals surface area contributed by atoms with Crippen LogP contribution in [0.1, 0.15) is 31.7 Å². The summed E-state index contributed by atoms with van der Waals surface area (Å²) in [4.78, 5) is 11.1. The number of hydrogen-bond acceptors (Lipinski definition) is 3. The van der Waals surface area contributed by atoms with Gasteiger partial charge in [0.15, 0.2) is 11.5 Å². The zero-order valence-corrected chi connectivity index (χ0v) is 11.4. The molecule has 0 fully saturated rings. The van der Waals surface area contributed by atoms with E-state index in [-0.39, 0.29) is 11.2 Å². The zero-order chi connectivity index (χ0) is 13.1. The first-order valence-electron chi connectivity index (χ1n) is 6.16. The topological polar surface area (TPSA) is 35.5 Å². The second kappa shape index (κ2) is 5.61. The Morgan fingerprint density at radius 3 is 2.56 bits per heavy atom. The van der Waals surface area contributed by atoms with Crippen LogP contribution in [0.5, 0.6) is 11.5 Å². The van der Waals surface area contributed by atoms with E-state index in [1.165, 1.54) is 0 Å². The first kappa shape index (κ1) is 13.2. The molecule has 0 spiro atoms. The van der Waals surface area contributed by atoms with Gasteiger partial charge < -0.3 is 9.47 Å². The third kappa shape index (κ3) is 2.96. The molecule has 0 N–H and O–H groups in total. The molecule has 0 radical (unpaired) electrons. The highest BCUT2D eigenvalue weighted by Gasteiger charge is 2.21. The lowest BCUT2D eigenvalue weighted by atomic mass is 9.86. The number of halogens is 1. The highest BCUT2D eigenvalue weighted by Crippen LogP contribution is 2.36. The van der Waals surface area contributed by atoms with Crippen LogP contribution in [0.2, 0.25) is 0 Å². The van der Waals surface area contributed by atoms with E-state index in [0.717, 1.165) is 17.1 Å². The van der Waals surface area contributed by atoms with Crippen molar-refractivity contribution in [2.24, 2.45) is 5.92 Å². The third-order valence-electron chi connectivity index (χ3n) is 3.18. The average Bonchev–Trinajstić information content (AvgIpc) is 2.35. The summed E-state index contributed by atoms with van der Waals surface area (Å²) >= 11 is 5.52. The molecule has 1 aromatic rings. The normalized spacial score (nSPS) is 15.6. The van der Waals surface area contributed by atoms with Gasteiger partial charge >= 0.3 is 0 Å². The standard InChI is InChI=1S/C14H17ClO3/c1-9(2)11(8-14(15)16)10-3-4-12-13(7-10)18-6-5-17-12/h3-4,7,9,11H,5-6,8H2,1-2H3. The Morgan fingerprint density at radius 2 is 1.94 bits per heavy atom. The molecular formula is C14H17ClO3. The van der Waals surface area contributed by atoms with Crippen molar-refractivity contribution in [1.29, 1.82) is 0 Å². The Bertz CT molecular complexity index is 443. The van der Waals surface area contributed by atoms with Gasteiger partial charge in [0.25, 0.3) is 0 Å². The molecule has 1 aliphatic heterocycles. The molecule has 1 unspecified atom stereocenters. The van der Waals surface area contributed by atoms with Gasteiger partial charge in [0, 0.05) is 6.42 Å². The van der Waals surface area contributed by atoms with Gasteiger partial charge in [-0.05, 0) is 41.1 Å². The molecule has 1 aliphatic rings. The molecule has 0 bridgehead atoms. The predicted molar refractivity (Wildman–Crippen MR) is 70.5 cm³/mol. The number of carbonyl (C=O) groups is 1. The number of rotatable bonds is 4. The third-order valence-corrected chi connectivity index (χ3v) is 3.33. The number of carbonyl (C=O) groups excluding carboxylic acids is 1. The summed E-state index contributed by atoms with van der Waals surface area (Å²) in [6.07, 6.45) is 0.346. The van der Waals surface area contributed by atoms with E-state index in [9.17, 15) is 4.79 Å². The van der Waals surface area contributed by atoms with E-state index < -0.39 is 0 Å². The van der Waals surface area contributed by atoms with Gasteiger partial charge in [-0.15, -0.1) is 0 Å². The van der Waals surface area contributed by atoms with Crippen molar-refractivity contribution in [2.45, 2.75) is 26.2 Å². The number of hydrogen-bond donors (Lipinski definition) is 0. The highest BCUT2D eigenvalue weighted by molar-refractivity contribution is 6.63. The van der Waals surface area contributed by atoms with E-state index in [1.54, 1.807) is 0 Å². The van der Waals surface area contributed by atoms with Crippen LogP contribution in [0, 0.1) is 5.92 Å². The van der Waals surface area contributed by atoms with Crippen LogP contribution >= 0.6 is 11.6 Å². The van der Waals surface area contributed by atoms with Crippen molar-refractivity contribution in [3.8, 4) is 11.5 Å². The Balaban J connectivity index is 2.27. The zero-order valence-electron chi connectivity index (χ0n) is 10.6. The van der Waals surface area contributed by atoms with Crippen molar-refractivity contribution in [2.75, 3.05) is 13.2 Å². The quantitative estimate of drug-likeness (QED) is 0.786. The molecule has 4 heteroatoms. The Hall–Kier alpha value is -1.22. The maximum absolute atomic E-state index is 11.1. The fourth-order valence-corrected chi connectivity index (χ4v) is 2.37. The summed E-state index contributed by atoms with van der Waals surface area (Å²) in [6.45, 7) is 5.32. The van der Waals surface area contributed by atoms with Crippen LogP contribution in [-0.4, -0.2) is 18.5 Å². The summed E-state index contributed by atoms with van der Waals surface area (Å²) in [5, 5.41) is -0.302. The molecule has 1 aromatic carbocycles. The smallest absolute Gasteiger partial charge is 0.222 e. The van der Waals surface area contributed by atoms with Gasteiger partial charge in [-0.3, -0.25) is 4.79 Å². The van der Waals surface area contributed by atoms with Gasteiger partial charge in [0.1, 0.15) is 13.2 Å². The van der Waals surface area contributed by atoms with Crippen LogP contribution in [0.4, 0.5) is 0 Å². The minimum absolute atomic E-state index is 0.117. The van der Waals surface area contributed by atoms with E-state index in [0.29, 0.717) is 25.6 Å². The van der Waals surface area contributed by atoms with Gasteiger partial charge in [0.2, 0.25) is 5.24 Å². The monoisotopic (exact) mass is 268 g/mol. The Labute approximate surface area is 112 Å². The van der Waals surface area contributed by atoms with Crippen molar-refractivity contribution < 1.29 is 14.3 Å². The van der Waals surface area contributed by atoms with E-state index in [2.05, 4.69) is 13.8 Å². The molecule has 0 saturated heterocycles. The maximum Gasteiger partial charge on any atom is 0.222 e. The first-order valence-corrected chi connectivity index (χ1v) is 6.53. The number of fused-ring (bicyclic) bond motifs is 1. The molecule has 0 aliphatic carbocycles. The Morgan fingerprint density at radius 1 is 1.28 bits per heavy atom. The van der Waals surface area contributed by atoms with Crippen molar-refractivity contribution in [3.05, 3.63) is 23.8 Å². The largest absolute Gasteiger partial charge is 0.486 e. The summed E-state index contributed by atoms with van der Waals surface area (Å²) < 4.78 is 11.0. The lowest BCUT2D eigenvalue weighted by Gasteiger charge is -2.23. The van der Waals surface area contributed by atoms with E-state index >= 15 is 0 Å². The average molecular weight is 269 g/mol. The molecule has 0 amide bonds. The fraction of sp³-hybridized carbons (Fsp3) is 0.500.